The van der Waals surface area contributed by atoms with Crippen LogP contribution in [-0.4, -0.2) is 9.61 Å². The minimum Gasteiger partial charge on any atom is -0.326 e. The van der Waals surface area contributed by atoms with E-state index in [9.17, 15) is 0 Å². The molecule has 0 spiro atoms. The van der Waals surface area contributed by atoms with E-state index >= 15 is 0 Å². The van der Waals surface area contributed by atoms with Gasteiger partial charge in [0, 0.05) is 18.9 Å². The molecular formula is C8H9N3. The molecule has 0 fully saturated rings. The molecule has 2 heterocycles. The SMILES string of the molecule is NCc1cccn2nccc12. The number of nitrogens with zero attached hydrogens (tertiary/aromatic N) is 2. The molecule has 2 aromatic heterocycles. The topological polar surface area (TPSA) is 43.3 Å². The van der Waals surface area contributed by atoms with Crippen LogP contribution < -0.4 is 5.73 Å². The lowest BCUT2D eigenvalue weighted by Gasteiger charge is -1.98. The molecule has 0 aromatic carbocycles. The second kappa shape index (κ2) is 2.36. The highest BCUT2D eigenvalue weighted by Gasteiger charge is 1.96. The van der Waals surface area contributed by atoms with E-state index in [2.05, 4.69) is 5.10 Å². The van der Waals surface area contributed by atoms with Crippen LogP contribution in [0.15, 0.2) is 30.6 Å². The summed E-state index contributed by atoms with van der Waals surface area (Å²) < 4.78 is 1.82. The van der Waals surface area contributed by atoms with Crippen LogP contribution in [0.25, 0.3) is 5.52 Å². The van der Waals surface area contributed by atoms with Crippen LogP contribution in [-0.2, 0) is 6.54 Å². The molecule has 0 radical (unpaired) electrons. The van der Waals surface area contributed by atoms with E-state index in [1.807, 2.05) is 28.9 Å². The molecule has 0 aliphatic heterocycles. The summed E-state index contributed by atoms with van der Waals surface area (Å²) in [5.41, 5.74) is 7.76. The molecule has 0 atom stereocenters. The average Bonchev–Trinajstić information content (AvgIpc) is 2.50. The van der Waals surface area contributed by atoms with Crippen LogP contribution in [0.2, 0.25) is 0 Å². The molecule has 2 rings (SSSR count). The van der Waals surface area contributed by atoms with Gasteiger partial charge in [0.25, 0.3) is 0 Å². The highest BCUT2D eigenvalue weighted by Crippen LogP contribution is 2.07. The van der Waals surface area contributed by atoms with Gasteiger partial charge in [-0.2, -0.15) is 5.10 Å². The Kier molecular flexibility index (Phi) is 1.36. The second-order valence-corrected chi connectivity index (χ2v) is 2.40. The zero-order valence-corrected chi connectivity index (χ0v) is 6.07. The molecule has 3 nitrogen and oxygen atoms in total. The normalized spacial score (nSPS) is 10.6. The molecule has 11 heavy (non-hydrogen) atoms. The molecule has 0 saturated carbocycles. The van der Waals surface area contributed by atoms with Crippen LogP contribution >= 0.6 is 0 Å². The highest BCUT2D eigenvalue weighted by molar-refractivity contribution is 5.53. The average molecular weight is 147 g/mol. The van der Waals surface area contributed by atoms with Gasteiger partial charge < -0.3 is 5.73 Å². The number of rotatable bonds is 1. The predicted molar refractivity (Wildman–Crippen MR) is 43.1 cm³/mol. The lowest BCUT2D eigenvalue weighted by Crippen LogP contribution is -1.99. The van der Waals surface area contributed by atoms with Gasteiger partial charge in [-0.3, -0.25) is 0 Å². The van der Waals surface area contributed by atoms with Gasteiger partial charge in [0.05, 0.1) is 5.52 Å². The lowest BCUT2D eigenvalue weighted by atomic mass is 10.2. The first-order valence-corrected chi connectivity index (χ1v) is 3.53. The molecule has 0 bridgehead atoms. The summed E-state index contributed by atoms with van der Waals surface area (Å²) in [6, 6.07) is 5.92. The van der Waals surface area contributed by atoms with Gasteiger partial charge in [0.2, 0.25) is 0 Å². The molecule has 0 aliphatic carbocycles. The Morgan fingerprint density at radius 3 is 3.18 bits per heavy atom. The molecule has 56 valence electrons. The second-order valence-electron chi connectivity index (χ2n) is 2.40. The molecular weight excluding hydrogens is 138 g/mol. The minimum absolute atomic E-state index is 0.566. The summed E-state index contributed by atoms with van der Waals surface area (Å²) in [5.74, 6) is 0. The third-order valence-corrected chi connectivity index (χ3v) is 1.74. The molecule has 3 heteroatoms. The molecule has 0 saturated heterocycles. The largest absolute Gasteiger partial charge is 0.326 e. The lowest BCUT2D eigenvalue weighted by molar-refractivity contribution is 0.941. The van der Waals surface area contributed by atoms with Crippen molar-refractivity contribution < 1.29 is 0 Å². The van der Waals surface area contributed by atoms with Gasteiger partial charge in [-0.05, 0) is 17.7 Å². The van der Waals surface area contributed by atoms with Crippen molar-refractivity contribution in [3.05, 3.63) is 36.2 Å². The van der Waals surface area contributed by atoms with Crippen LogP contribution in [0.5, 0.6) is 0 Å². The number of pyridine rings is 1. The van der Waals surface area contributed by atoms with Crippen molar-refractivity contribution in [3.8, 4) is 0 Å². The maximum absolute atomic E-state index is 5.53. The Hall–Kier alpha value is -1.35. The molecule has 2 N–H and O–H groups in total. The fourth-order valence-corrected chi connectivity index (χ4v) is 1.19. The predicted octanol–water partition coefficient (Wildman–Crippen LogP) is 0.793. The van der Waals surface area contributed by atoms with E-state index in [0.29, 0.717) is 6.54 Å². The Labute approximate surface area is 64.4 Å². The van der Waals surface area contributed by atoms with Crippen molar-refractivity contribution in [2.24, 2.45) is 5.73 Å². The first-order valence-electron chi connectivity index (χ1n) is 3.53. The summed E-state index contributed by atoms with van der Waals surface area (Å²) in [6.07, 6.45) is 3.68. The number of aromatic nitrogens is 2. The minimum atomic E-state index is 0.566. The van der Waals surface area contributed by atoms with Crippen molar-refractivity contribution >= 4 is 5.52 Å². The van der Waals surface area contributed by atoms with Gasteiger partial charge in [0.15, 0.2) is 0 Å². The zero-order valence-electron chi connectivity index (χ0n) is 6.07. The van der Waals surface area contributed by atoms with Crippen LogP contribution in [0.3, 0.4) is 0 Å². The number of hydrogen-bond donors (Lipinski definition) is 1. The van der Waals surface area contributed by atoms with E-state index in [1.165, 1.54) is 0 Å². The van der Waals surface area contributed by atoms with E-state index < -0.39 is 0 Å². The highest BCUT2D eigenvalue weighted by atomic mass is 15.2. The quantitative estimate of drug-likeness (QED) is 0.648. The fourth-order valence-electron chi connectivity index (χ4n) is 1.19. The summed E-state index contributed by atoms with van der Waals surface area (Å²) in [4.78, 5) is 0. The summed E-state index contributed by atoms with van der Waals surface area (Å²) in [6.45, 7) is 0.566. The van der Waals surface area contributed by atoms with Gasteiger partial charge >= 0.3 is 0 Å². The molecule has 0 unspecified atom stereocenters. The maximum atomic E-state index is 5.53. The standard InChI is InChI=1S/C8H9N3/c9-6-7-2-1-5-11-8(7)3-4-10-11/h1-5H,6,9H2. The number of hydrogen-bond acceptors (Lipinski definition) is 2. The van der Waals surface area contributed by atoms with Crippen LogP contribution in [0, 0.1) is 0 Å². The number of fused-ring (bicyclic) bond motifs is 1. The van der Waals surface area contributed by atoms with Gasteiger partial charge in [-0.1, -0.05) is 6.07 Å². The van der Waals surface area contributed by atoms with Crippen molar-refractivity contribution in [2.75, 3.05) is 0 Å². The third kappa shape index (κ3) is 0.897. The van der Waals surface area contributed by atoms with Crippen LogP contribution in [0.4, 0.5) is 0 Å². The number of nitrogens with two attached hydrogens (primary N) is 1. The maximum Gasteiger partial charge on any atom is 0.0706 e. The van der Waals surface area contributed by atoms with E-state index in [-0.39, 0.29) is 0 Å². The Morgan fingerprint density at radius 2 is 2.36 bits per heavy atom. The first-order chi connectivity index (χ1) is 5.42. The van der Waals surface area contributed by atoms with E-state index in [4.69, 9.17) is 5.73 Å². The summed E-state index contributed by atoms with van der Waals surface area (Å²) in [7, 11) is 0. The van der Waals surface area contributed by atoms with Crippen molar-refractivity contribution in [2.45, 2.75) is 6.54 Å². The molecule has 0 amide bonds. The smallest absolute Gasteiger partial charge is 0.0706 e. The van der Waals surface area contributed by atoms with Gasteiger partial charge in [-0.15, -0.1) is 0 Å². The van der Waals surface area contributed by atoms with Crippen molar-refractivity contribution in [1.82, 2.24) is 9.61 Å². The monoisotopic (exact) mass is 147 g/mol. The third-order valence-electron chi connectivity index (χ3n) is 1.74. The summed E-state index contributed by atoms with van der Waals surface area (Å²) >= 11 is 0. The molecule has 2 aromatic rings. The zero-order chi connectivity index (χ0) is 7.68. The van der Waals surface area contributed by atoms with Crippen molar-refractivity contribution in [3.63, 3.8) is 0 Å². The Balaban J connectivity index is 2.79. The van der Waals surface area contributed by atoms with E-state index in [0.717, 1.165) is 11.1 Å². The van der Waals surface area contributed by atoms with Crippen LogP contribution in [0.1, 0.15) is 5.56 Å². The van der Waals surface area contributed by atoms with Gasteiger partial charge in [-0.25, -0.2) is 4.52 Å². The summed E-state index contributed by atoms with van der Waals surface area (Å²) in [5, 5.41) is 4.09. The Bertz CT molecular complexity index is 364. The van der Waals surface area contributed by atoms with E-state index in [1.54, 1.807) is 6.20 Å². The molecule has 0 aliphatic rings. The first kappa shape index (κ1) is 6.37. The van der Waals surface area contributed by atoms with Crippen molar-refractivity contribution in [1.29, 1.82) is 0 Å². The Morgan fingerprint density at radius 1 is 1.45 bits per heavy atom. The fraction of sp³-hybridized carbons (Fsp3) is 0.125. The van der Waals surface area contributed by atoms with Gasteiger partial charge in [0.1, 0.15) is 0 Å².